The molecule has 4 rings (SSSR count). The van der Waals surface area contributed by atoms with E-state index in [9.17, 15) is 4.79 Å². The average Bonchev–Trinajstić information content (AvgIpc) is 3.44. The summed E-state index contributed by atoms with van der Waals surface area (Å²) in [5.41, 5.74) is 3.56. The van der Waals surface area contributed by atoms with E-state index in [1.807, 2.05) is 43.3 Å². The maximum atomic E-state index is 11.9. The van der Waals surface area contributed by atoms with E-state index in [2.05, 4.69) is 57.4 Å². The molecule has 0 radical (unpaired) electrons. The number of carbonyl (C=O) groups excluding carboxylic acids is 1. The summed E-state index contributed by atoms with van der Waals surface area (Å²) in [4.78, 5) is 18.6. The molecule has 8 heteroatoms. The van der Waals surface area contributed by atoms with Crippen LogP contribution in [-0.2, 0) is 4.79 Å². The Balaban J connectivity index is 1.78. The van der Waals surface area contributed by atoms with Crippen LogP contribution >= 0.6 is 12.2 Å². The molecule has 7 nitrogen and oxygen atoms in total. The van der Waals surface area contributed by atoms with Gasteiger partial charge in [0.15, 0.2) is 5.11 Å². The van der Waals surface area contributed by atoms with E-state index in [4.69, 9.17) is 17.0 Å². The molecule has 1 saturated heterocycles. The van der Waals surface area contributed by atoms with Gasteiger partial charge in [0.05, 0.1) is 30.6 Å². The van der Waals surface area contributed by atoms with Gasteiger partial charge in [0.1, 0.15) is 5.75 Å². The van der Waals surface area contributed by atoms with Gasteiger partial charge in [-0.15, -0.1) is 0 Å². The van der Waals surface area contributed by atoms with E-state index >= 15 is 0 Å². The Morgan fingerprint density at radius 3 is 2.73 bits per heavy atom. The van der Waals surface area contributed by atoms with Crippen molar-refractivity contribution in [2.75, 3.05) is 17.3 Å². The van der Waals surface area contributed by atoms with Crippen LogP contribution in [0.5, 0.6) is 5.75 Å². The van der Waals surface area contributed by atoms with Crippen molar-refractivity contribution in [3.05, 3.63) is 72.3 Å². The number of methoxy groups -OCH3 is 1. The number of pyridine rings is 1. The normalized spacial score (nSPS) is 17.8. The van der Waals surface area contributed by atoms with Gasteiger partial charge in [-0.25, -0.2) is 0 Å². The first-order valence-corrected chi connectivity index (χ1v) is 11.5. The largest absolute Gasteiger partial charge is 0.494 e. The number of nitrogens with zero attached hydrogens (tertiary/aromatic N) is 3. The predicted molar refractivity (Wildman–Crippen MR) is 135 cm³/mol. The van der Waals surface area contributed by atoms with Crippen LogP contribution in [0, 0.1) is 0 Å². The van der Waals surface area contributed by atoms with Crippen molar-refractivity contribution in [3.8, 4) is 5.75 Å². The minimum Gasteiger partial charge on any atom is -0.494 e. The molecule has 0 aliphatic carbocycles. The van der Waals surface area contributed by atoms with Gasteiger partial charge in [0.25, 0.3) is 0 Å². The van der Waals surface area contributed by atoms with Gasteiger partial charge in [0, 0.05) is 42.8 Å². The smallest absolute Gasteiger partial charge is 0.224 e. The highest BCUT2D eigenvalue weighted by Crippen LogP contribution is 2.43. The third kappa shape index (κ3) is 4.57. The molecule has 0 unspecified atom stereocenters. The molecule has 1 aromatic carbocycles. The average molecular weight is 464 g/mol. The lowest BCUT2D eigenvalue weighted by molar-refractivity contribution is -0.115. The first-order valence-electron chi connectivity index (χ1n) is 11.1. The number of thiocarbonyl (C=S) groups is 1. The molecule has 0 bridgehead atoms. The summed E-state index contributed by atoms with van der Waals surface area (Å²) in [6, 6.07) is 13.9. The zero-order valence-corrected chi connectivity index (χ0v) is 20.1. The maximum Gasteiger partial charge on any atom is 0.224 e. The van der Waals surface area contributed by atoms with Crippen LogP contribution < -0.4 is 20.3 Å². The van der Waals surface area contributed by atoms with Gasteiger partial charge in [-0.2, -0.15) is 0 Å². The third-order valence-corrected chi connectivity index (χ3v) is 6.15. The number of ether oxygens (including phenoxy) is 1. The van der Waals surface area contributed by atoms with Crippen molar-refractivity contribution < 1.29 is 9.53 Å². The second-order valence-electron chi connectivity index (χ2n) is 8.27. The Morgan fingerprint density at radius 2 is 2.09 bits per heavy atom. The van der Waals surface area contributed by atoms with Crippen molar-refractivity contribution in [1.29, 1.82) is 0 Å². The van der Waals surface area contributed by atoms with Crippen LogP contribution in [0.3, 0.4) is 0 Å². The fourth-order valence-electron chi connectivity index (χ4n) is 4.07. The van der Waals surface area contributed by atoms with E-state index in [0.717, 1.165) is 16.9 Å². The second-order valence-corrected chi connectivity index (χ2v) is 8.66. The summed E-state index contributed by atoms with van der Waals surface area (Å²) in [5.74, 6) is 0.513. The molecule has 1 fully saturated rings. The van der Waals surface area contributed by atoms with Gasteiger partial charge in [-0.3, -0.25) is 9.78 Å². The Hall–Kier alpha value is -3.39. The zero-order chi connectivity index (χ0) is 23.5. The summed E-state index contributed by atoms with van der Waals surface area (Å²) >= 11 is 5.81. The molecule has 1 amide bonds. The first-order chi connectivity index (χ1) is 15.9. The minimum absolute atomic E-state index is 0.0671. The summed E-state index contributed by atoms with van der Waals surface area (Å²) in [6.07, 6.45) is 6.46. The fraction of sp³-hybridized carbons (Fsp3) is 0.320. The van der Waals surface area contributed by atoms with Crippen molar-refractivity contribution in [1.82, 2.24) is 14.9 Å². The van der Waals surface area contributed by atoms with Crippen molar-refractivity contribution in [2.45, 2.75) is 45.3 Å². The van der Waals surface area contributed by atoms with Gasteiger partial charge in [-0.1, -0.05) is 13.0 Å². The van der Waals surface area contributed by atoms with Crippen LogP contribution in [0.2, 0.25) is 0 Å². The molecule has 33 heavy (non-hydrogen) atoms. The van der Waals surface area contributed by atoms with E-state index < -0.39 is 0 Å². The van der Waals surface area contributed by atoms with E-state index in [1.54, 1.807) is 13.3 Å². The molecule has 0 saturated carbocycles. The lowest BCUT2D eigenvalue weighted by atomic mass is 9.98. The number of nitrogens with one attached hydrogen (secondary N) is 2. The van der Waals surface area contributed by atoms with Crippen molar-refractivity contribution in [3.63, 3.8) is 0 Å². The van der Waals surface area contributed by atoms with Crippen LogP contribution in [0.1, 0.15) is 56.6 Å². The molecule has 172 valence electrons. The number of hydrogen-bond donors (Lipinski definition) is 2. The number of aromatic nitrogens is 2. The van der Waals surface area contributed by atoms with E-state index in [-0.39, 0.29) is 18.0 Å². The molecule has 2 atom stereocenters. The minimum atomic E-state index is -0.118. The fourth-order valence-corrected chi connectivity index (χ4v) is 4.42. The highest BCUT2D eigenvalue weighted by atomic mass is 32.1. The number of rotatable bonds is 7. The Kier molecular flexibility index (Phi) is 6.65. The Morgan fingerprint density at radius 1 is 1.27 bits per heavy atom. The van der Waals surface area contributed by atoms with E-state index in [0.29, 0.717) is 29.0 Å². The Labute approximate surface area is 199 Å². The maximum absolute atomic E-state index is 11.9. The van der Waals surface area contributed by atoms with E-state index in [1.165, 1.54) is 0 Å². The lowest BCUT2D eigenvalue weighted by Crippen LogP contribution is -2.29. The predicted octanol–water partition coefficient (Wildman–Crippen LogP) is 5.00. The quantitative estimate of drug-likeness (QED) is 0.481. The summed E-state index contributed by atoms with van der Waals surface area (Å²) in [7, 11) is 1.60. The van der Waals surface area contributed by atoms with Crippen LogP contribution in [0.15, 0.2) is 61.1 Å². The van der Waals surface area contributed by atoms with Gasteiger partial charge < -0.3 is 24.8 Å². The van der Waals surface area contributed by atoms with Crippen LogP contribution in [0.4, 0.5) is 11.4 Å². The SMILES string of the molecule is CCC(=O)Nc1ccc(N2C(=S)N[C@@H](c3ccccn3)[C@H]2c2ccn(C(C)C)c2)cc1OC. The van der Waals surface area contributed by atoms with Gasteiger partial charge in [0.2, 0.25) is 5.91 Å². The van der Waals surface area contributed by atoms with Crippen LogP contribution in [0.25, 0.3) is 0 Å². The summed E-state index contributed by atoms with van der Waals surface area (Å²) < 4.78 is 7.78. The molecule has 2 aromatic heterocycles. The topological polar surface area (TPSA) is 71.4 Å². The number of amides is 1. The number of hydrogen-bond acceptors (Lipinski definition) is 4. The highest BCUT2D eigenvalue weighted by molar-refractivity contribution is 7.80. The second kappa shape index (κ2) is 9.62. The number of benzene rings is 1. The molecule has 1 aliphatic heterocycles. The molecular weight excluding hydrogens is 434 g/mol. The number of anilines is 2. The zero-order valence-electron chi connectivity index (χ0n) is 19.3. The highest BCUT2D eigenvalue weighted by Gasteiger charge is 2.41. The summed E-state index contributed by atoms with van der Waals surface area (Å²) in [5, 5.41) is 6.97. The molecule has 1 aliphatic rings. The Bertz CT molecular complexity index is 1140. The van der Waals surface area contributed by atoms with Crippen molar-refractivity contribution >= 4 is 34.6 Å². The monoisotopic (exact) mass is 463 g/mol. The lowest BCUT2D eigenvalue weighted by Gasteiger charge is -2.28. The molecule has 0 spiro atoms. The standard InChI is InChI=1S/C25H29N5O2S/c1-5-22(31)27-19-10-9-18(14-21(19)32-4)30-24(17-11-13-29(15-17)16(2)3)23(28-25(30)33)20-8-6-7-12-26-20/h6-16,23-24H,5H2,1-4H3,(H,27,31)(H,28,33)/t23-,24+/m0/s1. The number of carbonyl (C=O) groups is 1. The van der Waals surface area contributed by atoms with Gasteiger partial charge in [-0.05, 0) is 62.0 Å². The van der Waals surface area contributed by atoms with Crippen molar-refractivity contribution in [2.24, 2.45) is 0 Å². The molecular formula is C25H29N5O2S. The molecule has 2 N–H and O–H groups in total. The molecule has 3 heterocycles. The molecule has 3 aromatic rings. The van der Waals surface area contributed by atoms with Gasteiger partial charge >= 0.3 is 0 Å². The third-order valence-electron chi connectivity index (χ3n) is 5.83. The van der Waals surface area contributed by atoms with Crippen LogP contribution in [-0.4, -0.2) is 27.7 Å². The summed E-state index contributed by atoms with van der Waals surface area (Å²) in [6.45, 7) is 6.13. The first kappa shape index (κ1) is 22.8.